The van der Waals surface area contributed by atoms with Gasteiger partial charge in [0.25, 0.3) is 5.91 Å². The lowest BCUT2D eigenvalue weighted by atomic mass is 10.1. The fourth-order valence-electron chi connectivity index (χ4n) is 1.65. The monoisotopic (exact) mass is 328 g/mol. The van der Waals surface area contributed by atoms with E-state index >= 15 is 0 Å². The number of carbonyl (C=O) groups is 1. The van der Waals surface area contributed by atoms with Crippen molar-refractivity contribution in [2.75, 3.05) is 0 Å². The van der Waals surface area contributed by atoms with E-state index in [-0.39, 0.29) is 16.0 Å². The molecule has 2 aromatic rings. The number of amides is 1. The highest BCUT2D eigenvalue weighted by Crippen LogP contribution is 2.30. The largest absolute Gasteiger partial charge is 0.311 e. The summed E-state index contributed by atoms with van der Waals surface area (Å²) in [5, 5.41) is 11.7. The lowest BCUT2D eigenvalue weighted by Crippen LogP contribution is -2.22. The fourth-order valence-corrected chi connectivity index (χ4v) is 2.71. The molecule has 22 heavy (non-hydrogen) atoms. The SMILES string of the molecule is Cc1ccc(C(=O)N/C(C#N)=C(/Cl)Sc2ccccc2)cc1. The van der Waals surface area contributed by atoms with Crippen LogP contribution in [0.2, 0.25) is 0 Å². The van der Waals surface area contributed by atoms with Crippen molar-refractivity contribution in [3.63, 3.8) is 0 Å². The van der Waals surface area contributed by atoms with Crippen LogP contribution in [-0.4, -0.2) is 5.91 Å². The first kappa shape index (κ1) is 16.2. The van der Waals surface area contributed by atoms with Gasteiger partial charge in [-0.05, 0) is 31.2 Å². The second kappa shape index (κ2) is 7.69. The molecule has 0 atom stereocenters. The Labute approximate surface area is 138 Å². The van der Waals surface area contributed by atoms with E-state index in [1.807, 2.05) is 55.5 Å². The van der Waals surface area contributed by atoms with E-state index in [4.69, 9.17) is 11.6 Å². The molecule has 0 spiro atoms. The molecule has 0 unspecified atom stereocenters. The number of nitrogens with one attached hydrogen (secondary N) is 1. The summed E-state index contributed by atoms with van der Waals surface area (Å²) in [6, 6.07) is 18.4. The van der Waals surface area contributed by atoms with E-state index in [1.165, 1.54) is 11.8 Å². The summed E-state index contributed by atoms with van der Waals surface area (Å²) in [6.07, 6.45) is 0. The molecule has 3 nitrogen and oxygen atoms in total. The van der Waals surface area contributed by atoms with Crippen molar-refractivity contribution in [3.8, 4) is 6.07 Å². The Hall–Kier alpha value is -2.22. The number of hydrogen-bond acceptors (Lipinski definition) is 3. The number of hydrogen-bond donors (Lipinski definition) is 1. The zero-order chi connectivity index (χ0) is 15.9. The van der Waals surface area contributed by atoms with Gasteiger partial charge in [-0.3, -0.25) is 4.79 Å². The van der Waals surface area contributed by atoms with Crippen molar-refractivity contribution in [1.82, 2.24) is 5.32 Å². The topological polar surface area (TPSA) is 52.9 Å². The van der Waals surface area contributed by atoms with E-state index in [0.29, 0.717) is 5.56 Å². The average molecular weight is 329 g/mol. The highest BCUT2D eigenvalue weighted by molar-refractivity contribution is 8.04. The van der Waals surface area contributed by atoms with Crippen LogP contribution in [0, 0.1) is 18.3 Å². The predicted molar refractivity (Wildman–Crippen MR) is 89.4 cm³/mol. The van der Waals surface area contributed by atoms with E-state index in [2.05, 4.69) is 5.32 Å². The molecule has 0 saturated carbocycles. The number of allylic oxidation sites excluding steroid dienone is 1. The molecule has 0 bridgehead atoms. The first-order valence-electron chi connectivity index (χ1n) is 6.51. The molecule has 0 aromatic heterocycles. The van der Waals surface area contributed by atoms with Crippen LogP contribution < -0.4 is 5.32 Å². The van der Waals surface area contributed by atoms with Gasteiger partial charge in [-0.25, -0.2) is 0 Å². The molecule has 2 aromatic carbocycles. The van der Waals surface area contributed by atoms with Crippen molar-refractivity contribution >= 4 is 29.3 Å². The second-order valence-electron chi connectivity index (χ2n) is 4.50. The number of rotatable bonds is 4. The molecule has 0 aliphatic rings. The van der Waals surface area contributed by atoms with Gasteiger partial charge in [0.15, 0.2) is 0 Å². The number of aryl methyl sites for hydroxylation is 1. The standard InChI is InChI=1S/C17H13ClN2OS/c1-12-7-9-13(10-8-12)17(21)20-15(11-19)16(18)22-14-5-3-2-4-6-14/h2-10H,1H3,(H,20,21)/b16-15-. The Balaban J connectivity index is 2.14. The van der Waals surface area contributed by atoms with E-state index < -0.39 is 0 Å². The smallest absolute Gasteiger partial charge is 0.256 e. The molecule has 0 fully saturated rings. The number of carbonyl (C=O) groups excluding carboxylic acids is 1. The summed E-state index contributed by atoms with van der Waals surface area (Å²) in [7, 11) is 0. The minimum absolute atomic E-state index is 0.0427. The minimum Gasteiger partial charge on any atom is -0.311 e. The predicted octanol–water partition coefficient (Wildman–Crippen LogP) is 4.45. The third-order valence-electron chi connectivity index (χ3n) is 2.81. The summed E-state index contributed by atoms with van der Waals surface area (Å²) in [5.41, 5.74) is 1.58. The number of halogens is 1. The lowest BCUT2D eigenvalue weighted by molar-refractivity contribution is 0.0967. The van der Waals surface area contributed by atoms with Gasteiger partial charge in [-0.15, -0.1) is 0 Å². The van der Waals surface area contributed by atoms with Crippen LogP contribution in [0.5, 0.6) is 0 Å². The van der Waals surface area contributed by atoms with E-state index in [0.717, 1.165) is 10.5 Å². The number of benzene rings is 2. The Morgan fingerprint density at radius 2 is 1.77 bits per heavy atom. The zero-order valence-corrected chi connectivity index (χ0v) is 13.4. The van der Waals surface area contributed by atoms with Gasteiger partial charge in [0.1, 0.15) is 16.1 Å². The fraction of sp³-hybridized carbons (Fsp3) is 0.0588. The van der Waals surface area contributed by atoms with Crippen molar-refractivity contribution in [2.45, 2.75) is 11.8 Å². The molecular formula is C17H13ClN2OS. The van der Waals surface area contributed by atoms with Gasteiger partial charge in [-0.1, -0.05) is 59.3 Å². The van der Waals surface area contributed by atoms with Gasteiger partial charge in [0.2, 0.25) is 0 Å². The van der Waals surface area contributed by atoms with Crippen LogP contribution in [0.15, 0.2) is 69.6 Å². The van der Waals surface area contributed by atoms with Crippen molar-refractivity contribution < 1.29 is 4.79 Å². The van der Waals surface area contributed by atoms with Gasteiger partial charge in [-0.2, -0.15) is 5.26 Å². The average Bonchev–Trinajstić information content (AvgIpc) is 2.53. The van der Waals surface area contributed by atoms with Crippen molar-refractivity contribution in [2.24, 2.45) is 0 Å². The number of nitrogens with zero attached hydrogens (tertiary/aromatic N) is 1. The molecule has 0 radical (unpaired) electrons. The lowest BCUT2D eigenvalue weighted by Gasteiger charge is -2.06. The Kier molecular flexibility index (Phi) is 5.65. The molecule has 1 amide bonds. The van der Waals surface area contributed by atoms with Crippen molar-refractivity contribution in [1.29, 1.82) is 5.26 Å². The van der Waals surface area contributed by atoms with Crippen LogP contribution in [0.1, 0.15) is 15.9 Å². The van der Waals surface area contributed by atoms with E-state index in [1.54, 1.807) is 12.1 Å². The first-order chi connectivity index (χ1) is 10.6. The maximum atomic E-state index is 12.1. The van der Waals surface area contributed by atoms with Gasteiger partial charge in [0, 0.05) is 10.5 Å². The molecule has 0 saturated heterocycles. The second-order valence-corrected chi connectivity index (χ2v) is 6.18. The third kappa shape index (κ3) is 4.39. The summed E-state index contributed by atoms with van der Waals surface area (Å²) in [6.45, 7) is 1.94. The number of nitriles is 1. The summed E-state index contributed by atoms with van der Waals surface area (Å²) >= 11 is 7.37. The summed E-state index contributed by atoms with van der Waals surface area (Å²) in [4.78, 5) is 13.0. The molecule has 1 N–H and O–H groups in total. The highest BCUT2D eigenvalue weighted by Gasteiger charge is 2.12. The minimum atomic E-state index is -0.358. The zero-order valence-electron chi connectivity index (χ0n) is 11.8. The molecule has 0 aliphatic carbocycles. The molecular weight excluding hydrogens is 316 g/mol. The van der Waals surface area contributed by atoms with Crippen LogP contribution >= 0.6 is 23.4 Å². The molecule has 0 aliphatic heterocycles. The van der Waals surface area contributed by atoms with Gasteiger partial charge in [0.05, 0.1) is 0 Å². The summed E-state index contributed by atoms with van der Waals surface area (Å²) in [5.74, 6) is -0.358. The van der Waals surface area contributed by atoms with Gasteiger partial charge < -0.3 is 5.32 Å². The van der Waals surface area contributed by atoms with Crippen LogP contribution in [0.4, 0.5) is 0 Å². The highest BCUT2D eigenvalue weighted by atomic mass is 35.5. The maximum Gasteiger partial charge on any atom is 0.256 e. The maximum absolute atomic E-state index is 12.1. The van der Waals surface area contributed by atoms with Crippen LogP contribution in [0.25, 0.3) is 0 Å². The van der Waals surface area contributed by atoms with Crippen molar-refractivity contribution in [3.05, 3.63) is 75.8 Å². The summed E-state index contributed by atoms with van der Waals surface area (Å²) < 4.78 is 0.231. The van der Waals surface area contributed by atoms with Gasteiger partial charge >= 0.3 is 0 Å². The number of thioether (sulfide) groups is 1. The molecule has 0 heterocycles. The normalized spacial score (nSPS) is 11.3. The van der Waals surface area contributed by atoms with E-state index in [9.17, 15) is 10.1 Å². The molecule has 110 valence electrons. The first-order valence-corrected chi connectivity index (χ1v) is 7.70. The molecule has 2 rings (SSSR count). The quantitative estimate of drug-likeness (QED) is 0.666. The Morgan fingerprint density at radius 3 is 2.36 bits per heavy atom. The molecule has 5 heteroatoms. The Bertz CT molecular complexity index is 734. The van der Waals surface area contributed by atoms with Crippen LogP contribution in [-0.2, 0) is 0 Å². The third-order valence-corrected chi connectivity index (χ3v) is 4.12. The Morgan fingerprint density at radius 1 is 1.14 bits per heavy atom. The van der Waals surface area contributed by atoms with Crippen LogP contribution in [0.3, 0.4) is 0 Å².